The Labute approximate surface area is 176 Å². The molecule has 6 nitrogen and oxygen atoms in total. The molecule has 1 aliphatic rings. The van der Waals surface area contributed by atoms with Crippen molar-refractivity contribution in [3.63, 3.8) is 0 Å². The zero-order valence-corrected chi connectivity index (χ0v) is 16.4. The Kier molecular flexibility index (Phi) is 6.74. The highest BCUT2D eigenvalue weighted by atomic mass is 19.4. The summed E-state index contributed by atoms with van der Waals surface area (Å²) in [6, 6.07) is 13.2. The van der Waals surface area contributed by atoms with Crippen LogP contribution in [0.3, 0.4) is 0 Å². The molecule has 0 aliphatic carbocycles. The molecule has 3 amide bonds. The first-order chi connectivity index (χ1) is 14.7. The monoisotopic (exact) mass is 431 g/mol. The molecule has 2 aromatic rings. The second-order valence-corrected chi connectivity index (χ2v) is 6.98. The molecule has 0 spiro atoms. The first-order valence-electron chi connectivity index (χ1n) is 9.47. The molecule has 31 heavy (non-hydrogen) atoms. The van der Waals surface area contributed by atoms with Crippen molar-refractivity contribution in [2.24, 2.45) is 0 Å². The van der Waals surface area contributed by atoms with Gasteiger partial charge in [0.05, 0.1) is 24.7 Å². The van der Waals surface area contributed by atoms with E-state index in [1.54, 1.807) is 0 Å². The number of alkyl halides is 3. The van der Waals surface area contributed by atoms with E-state index in [4.69, 9.17) is 0 Å². The third-order valence-electron chi connectivity index (χ3n) is 4.71. The molecular weight excluding hydrogens is 411 g/mol. The van der Waals surface area contributed by atoms with Crippen LogP contribution in [0.2, 0.25) is 0 Å². The Morgan fingerprint density at radius 2 is 1.77 bits per heavy atom. The molecule has 1 unspecified atom stereocenters. The fraction of sp³-hybridized carbons (Fsp3) is 0.227. The molecule has 0 bridgehead atoms. The second-order valence-electron chi connectivity index (χ2n) is 6.98. The Balaban J connectivity index is 1.52. The summed E-state index contributed by atoms with van der Waals surface area (Å²) in [5, 5.41) is 5.26. The lowest BCUT2D eigenvalue weighted by Crippen LogP contribution is -2.53. The van der Waals surface area contributed by atoms with Gasteiger partial charge < -0.3 is 15.5 Å². The van der Waals surface area contributed by atoms with Crippen LogP contribution in [0.25, 0.3) is 6.08 Å². The lowest BCUT2D eigenvalue weighted by Gasteiger charge is -2.33. The number of carbonyl (C=O) groups is 3. The molecule has 0 aromatic heterocycles. The van der Waals surface area contributed by atoms with Gasteiger partial charge in [-0.05, 0) is 29.3 Å². The smallest absolute Gasteiger partial charge is 0.346 e. The summed E-state index contributed by atoms with van der Waals surface area (Å²) >= 11 is 0. The molecule has 3 rings (SSSR count). The number of amides is 3. The second kappa shape index (κ2) is 9.46. The number of halogens is 3. The van der Waals surface area contributed by atoms with Gasteiger partial charge in [-0.2, -0.15) is 13.2 Å². The zero-order valence-electron chi connectivity index (χ0n) is 16.4. The number of carbonyl (C=O) groups excluding carboxylic acids is 3. The van der Waals surface area contributed by atoms with Gasteiger partial charge in [-0.15, -0.1) is 0 Å². The van der Waals surface area contributed by atoms with Crippen molar-refractivity contribution in [2.75, 3.05) is 19.6 Å². The molecule has 0 saturated carbocycles. The van der Waals surface area contributed by atoms with Gasteiger partial charge in [0, 0.05) is 12.6 Å². The van der Waals surface area contributed by atoms with Gasteiger partial charge in [0.15, 0.2) is 0 Å². The quantitative estimate of drug-likeness (QED) is 0.715. The van der Waals surface area contributed by atoms with Gasteiger partial charge in [-0.3, -0.25) is 14.4 Å². The van der Waals surface area contributed by atoms with Gasteiger partial charge in [0.2, 0.25) is 17.7 Å². The lowest BCUT2D eigenvalue weighted by molar-refractivity contribution is -0.139. The van der Waals surface area contributed by atoms with Crippen molar-refractivity contribution in [1.29, 1.82) is 0 Å². The van der Waals surface area contributed by atoms with Crippen LogP contribution in [-0.4, -0.2) is 42.3 Å². The summed E-state index contributed by atoms with van der Waals surface area (Å²) in [7, 11) is 0. The van der Waals surface area contributed by atoms with Crippen LogP contribution in [0.15, 0.2) is 60.7 Å². The molecule has 0 radical (unpaired) electrons. The highest BCUT2D eigenvalue weighted by Gasteiger charge is 2.30. The summed E-state index contributed by atoms with van der Waals surface area (Å²) in [5.41, 5.74) is 0.504. The number of nitrogens with zero attached hydrogens (tertiary/aromatic N) is 1. The SMILES string of the molecule is O=C(C=Cc1ccc(C(F)(F)F)cc1)NCC(=O)N1CC(=O)NC(c2ccccc2)C1. The van der Waals surface area contributed by atoms with Crippen LogP contribution in [0.1, 0.15) is 22.7 Å². The van der Waals surface area contributed by atoms with E-state index in [0.29, 0.717) is 5.56 Å². The third-order valence-corrected chi connectivity index (χ3v) is 4.71. The molecule has 9 heteroatoms. The molecule has 2 N–H and O–H groups in total. The normalized spacial score (nSPS) is 16.8. The maximum absolute atomic E-state index is 12.6. The molecule has 162 valence electrons. The summed E-state index contributed by atoms with van der Waals surface area (Å²) in [5.74, 6) is -1.27. The molecule has 1 atom stereocenters. The predicted octanol–water partition coefficient (Wildman–Crippen LogP) is 2.53. The Hall–Kier alpha value is -3.62. The first kappa shape index (κ1) is 22.1. The van der Waals surface area contributed by atoms with E-state index in [1.165, 1.54) is 23.1 Å². The van der Waals surface area contributed by atoms with Crippen molar-refractivity contribution >= 4 is 23.8 Å². The van der Waals surface area contributed by atoms with Crippen LogP contribution in [0.4, 0.5) is 13.2 Å². The maximum atomic E-state index is 12.6. The van der Waals surface area contributed by atoms with Crippen molar-refractivity contribution < 1.29 is 27.6 Å². The van der Waals surface area contributed by atoms with Crippen molar-refractivity contribution in [2.45, 2.75) is 12.2 Å². The largest absolute Gasteiger partial charge is 0.416 e. The molecule has 1 fully saturated rings. The summed E-state index contributed by atoms with van der Waals surface area (Å²) in [6.45, 7) is -0.115. The summed E-state index contributed by atoms with van der Waals surface area (Å²) < 4.78 is 37.7. The number of hydrogen-bond acceptors (Lipinski definition) is 3. The van der Waals surface area contributed by atoms with E-state index in [1.807, 2.05) is 30.3 Å². The van der Waals surface area contributed by atoms with E-state index in [-0.39, 0.29) is 31.6 Å². The van der Waals surface area contributed by atoms with Gasteiger partial charge in [0.1, 0.15) is 0 Å². The van der Waals surface area contributed by atoms with E-state index < -0.39 is 23.6 Å². The minimum absolute atomic E-state index is 0.0978. The average Bonchev–Trinajstić information content (AvgIpc) is 2.76. The molecule has 1 heterocycles. The number of hydrogen-bond donors (Lipinski definition) is 2. The predicted molar refractivity (Wildman–Crippen MR) is 107 cm³/mol. The van der Waals surface area contributed by atoms with Crippen LogP contribution in [0, 0.1) is 0 Å². The number of nitrogens with one attached hydrogen (secondary N) is 2. The standard InChI is InChI=1S/C22H20F3N3O3/c23-22(24,25)17-9-6-15(7-10-17)8-11-19(29)26-12-21(31)28-13-18(27-20(30)14-28)16-4-2-1-3-5-16/h1-11,18H,12-14H2,(H,26,29)(H,27,30). The Morgan fingerprint density at radius 3 is 2.42 bits per heavy atom. The highest BCUT2D eigenvalue weighted by molar-refractivity contribution is 5.95. The fourth-order valence-corrected chi connectivity index (χ4v) is 3.10. The first-order valence-corrected chi connectivity index (χ1v) is 9.47. The van der Waals surface area contributed by atoms with Crippen LogP contribution < -0.4 is 10.6 Å². The van der Waals surface area contributed by atoms with Crippen LogP contribution >= 0.6 is 0 Å². The van der Waals surface area contributed by atoms with E-state index in [0.717, 1.165) is 23.8 Å². The highest BCUT2D eigenvalue weighted by Crippen LogP contribution is 2.29. The Morgan fingerprint density at radius 1 is 1.10 bits per heavy atom. The van der Waals surface area contributed by atoms with Gasteiger partial charge in [-0.1, -0.05) is 42.5 Å². The fourth-order valence-electron chi connectivity index (χ4n) is 3.10. The molecule has 1 aliphatic heterocycles. The number of piperazine rings is 1. The van der Waals surface area contributed by atoms with E-state index >= 15 is 0 Å². The zero-order chi connectivity index (χ0) is 22.4. The van der Waals surface area contributed by atoms with E-state index in [2.05, 4.69) is 10.6 Å². The third kappa shape index (κ3) is 6.18. The lowest BCUT2D eigenvalue weighted by atomic mass is 10.0. The van der Waals surface area contributed by atoms with Crippen molar-refractivity contribution in [1.82, 2.24) is 15.5 Å². The minimum Gasteiger partial charge on any atom is -0.346 e. The molecular formula is C22H20F3N3O3. The van der Waals surface area contributed by atoms with Crippen molar-refractivity contribution in [3.8, 4) is 0 Å². The summed E-state index contributed by atoms with van der Waals surface area (Å²) in [6.07, 6.45) is -1.95. The summed E-state index contributed by atoms with van der Waals surface area (Å²) in [4.78, 5) is 37.7. The van der Waals surface area contributed by atoms with E-state index in [9.17, 15) is 27.6 Å². The molecule has 2 aromatic carbocycles. The topological polar surface area (TPSA) is 78.5 Å². The van der Waals surface area contributed by atoms with Crippen LogP contribution in [-0.2, 0) is 20.6 Å². The maximum Gasteiger partial charge on any atom is 0.416 e. The van der Waals surface area contributed by atoms with Gasteiger partial charge in [0.25, 0.3) is 0 Å². The molecule has 1 saturated heterocycles. The van der Waals surface area contributed by atoms with Gasteiger partial charge in [-0.25, -0.2) is 0 Å². The minimum atomic E-state index is -4.43. The van der Waals surface area contributed by atoms with Gasteiger partial charge >= 0.3 is 6.18 Å². The number of rotatable bonds is 5. The average molecular weight is 431 g/mol. The Bertz CT molecular complexity index is 973. The van der Waals surface area contributed by atoms with Crippen LogP contribution in [0.5, 0.6) is 0 Å². The number of benzene rings is 2. The van der Waals surface area contributed by atoms with Crippen molar-refractivity contribution in [3.05, 3.63) is 77.4 Å².